The van der Waals surface area contributed by atoms with Gasteiger partial charge in [0.1, 0.15) is 0 Å². The Balaban J connectivity index is 2.55. The van der Waals surface area contributed by atoms with Crippen molar-refractivity contribution < 1.29 is 0 Å². The second-order valence-corrected chi connectivity index (χ2v) is 4.37. The number of hydrogen-bond acceptors (Lipinski definition) is 1. The van der Waals surface area contributed by atoms with Gasteiger partial charge in [-0.25, -0.2) is 0 Å². The minimum Gasteiger partial charge on any atom is -0.398 e. The summed E-state index contributed by atoms with van der Waals surface area (Å²) in [5, 5.41) is 0. The Hall–Kier alpha value is -1.24. The fourth-order valence-electron chi connectivity index (χ4n) is 1.91. The molecule has 1 aromatic rings. The third-order valence-electron chi connectivity index (χ3n) is 2.83. The summed E-state index contributed by atoms with van der Waals surface area (Å²) in [5.41, 5.74) is 11.9. The van der Waals surface area contributed by atoms with Crippen LogP contribution in [0, 0.1) is 6.92 Å². The van der Waals surface area contributed by atoms with Crippen molar-refractivity contribution in [3.8, 4) is 0 Å². The van der Waals surface area contributed by atoms with Gasteiger partial charge in [-0.05, 0) is 49.8 Å². The van der Waals surface area contributed by atoms with Crippen molar-refractivity contribution >= 4 is 11.3 Å². The van der Waals surface area contributed by atoms with Crippen molar-refractivity contribution in [2.24, 2.45) is 0 Å². The van der Waals surface area contributed by atoms with Crippen molar-refractivity contribution in [2.45, 2.75) is 32.6 Å². The average molecular weight is 187 g/mol. The summed E-state index contributed by atoms with van der Waals surface area (Å²) < 4.78 is 0. The lowest BCUT2D eigenvalue weighted by Gasteiger charge is -2.12. The van der Waals surface area contributed by atoms with Crippen molar-refractivity contribution in [2.75, 3.05) is 5.73 Å². The largest absolute Gasteiger partial charge is 0.398 e. The third kappa shape index (κ3) is 1.54. The number of aryl methyl sites for hydroxylation is 1. The minimum atomic E-state index is 0.716. The lowest BCUT2D eigenvalue weighted by molar-refractivity contribution is 1.12. The van der Waals surface area contributed by atoms with E-state index in [2.05, 4.69) is 25.6 Å². The molecule has 2 N–H and O–H groups in total. The van der Waals surface area contributed by atoms with Gasteiger partial charge in [0.25, 0.3) is 0 Å². The molecule has 1 aliphatic rings. The second kappa shape index (κ2) is 3.16. The van der Waals surface area contributed by atoms with Crippen LogP contribution in [0.25, 0.3) is 5.57 Å². The van der Waals surface area contributed by atoms with E-state index in [1.165, 1.54) is 24.0 Å². The van der Waals surface area contributed by atoms with E-state index in [-0.39, 0.29) is 0 Å². The minimum absolute atomic E-state index is 0.716. The molecule has 2 rings (SSSR count). The molecule has 1 nitrogen and oxygen atoms in total. The molecule has 1 aromatic carbocycles. The van der Waals surface area contributed by atoms with Crippen LogP contribution in [0.1, 0.15) is 42.4 Å². The molecule has 0 radical (unpaired) electrons. The second-order valence-electron chi connectivity index (χ2n) is 4.37. The standard InChI is InChI=1S/C13H17N/c1-8(2)11-6-9(3)7-12(13(11)14)10-4-5-10/h6-7,10H,1,4-5,14H2,2-3H3. The van der Waals surface area contributed by atoms with Crippen LogP contribution in [-0.2, 0) is 0 Å². The zero-order valence-corrected chi connectivity index (χ0v) is 8.93. The van der Waals surface area contributed by atoms with E-state index < -0.39 is 0 Å². The summed E-state index contributed by atoms with van der Waals surface area (Å²) in [7, 11) is 0. The van der Waals surface area contributed by atoms with E-state index in [4.69, 9.17) is 5.73 Å². The highest BCUT2D eigenvalue weighted by Crippen LogP contribution is 2.44. The highest BCUT2D eigenvalue weighted by Gasteiger charge is 2.26. The molecule has 1 aliphatic carbocycles. The highest BCUT2D eigenvalue weighted by molar-refractivity contribution is 5.76. The van der Waals surface area contributed by atoms with Crippen LogP contribution < -0.4 is 5.73 Å². The van der Waals surface area contributed by atoms with Crippen LogP contribution in [0.15, 0.2) is 18.7 Å². The Morgan fingerprint density at radius 2 is 2.07 bits per heavy atom. The Morgan fingerprint density at radius 3 is 2.57 bits per heavy atom. The maximum Gasteiger partial charge on any atom is 0.0425 e. The van der Waals surface area contributed by atoms with Crippen LogP contribution >= 0.6 is 0 Å². The zero-order valence-electron chi connectivity index (χ0n) is 8.93. The topological polar surface area (TPSA) is 26.0 Å². The van der Waals surface area contributed by atoms with Gasteiger partial charge in [0, 0.05) is 11.3 Å². The molecule has 0 unspecified atom stereocenters. The average Bonchev–Trinajstić information content (AvgIpc) is 2.91. The van der Waals surface area contributed by atoms with Crippen LogP contribution in [0.4, 0.5) is 5.69 Å². The lowest BCUT2D eigenvalue weighted by Crippen LogP contribution is -1.98. The molecular weight excluding hydrogens is 170 g/mol. The number of anilines is 1. The first-order valence-corrected chi connectivity index (χ1v) is 5.15. The summed E-state index contributed by atoms with van der Waals surface area (Å²) in [4.78, 5) is 0. The maximum atomic E-state index is 6.13. The number of nitrogen functional groups attached to an aromatic ring is 1. The molecule has 14 heavy (non-hydrogen) atoms. The highest BCUT2D eigenvalue weighted by atomic mass is 14.6. The molecule has 0 heterocycles. The number of benzene rings is 1. The van der Waals surface area contributed by atoms with Gasteiger partial charge in [0.2, 0.25) is 0 Å². The van der Waals surface area contributed by atoms with Gasteiger partial charge in [0.05, 0.1) is 0 Å². The van der Waals surface area contributed by atoms with Gasteiger partial charge < -0.3 is 5.73 Å². The summed E-state index contributed by atoms with van der Waals surface area (Å²) in [6, 6.07) is 4.35. The molecule has 0 bridgehead atoms. The van der Waals surface area contributed by atoms with Crippen molar-refractivity contribution in [3.05, 3.63) is 35.4 Å². The van der Waals surface area contributed by atoms with Crippen LogP contribution in [0.3, 0.4) is 0 Å². The molecule has 1 fully saturated rings. The van der Waals surface area contributed by atoms with E-state index in [0.29, 0.717) is 5.92 Å². The summed E-state index contributed by atoms with van der Waals surface area (Å²) >= 11 is 0. The molecule has 1 saturated carbocycles. The first kappa shape index (κ1) is 9.32. The maximum absolute atomic E-state index is 6.13. The van der Waals surface area contributed by atoms with Gasteiger partial charge in [-0.3, -0.25) is 0 Å². The smallest absolute Gasteiger partial charge is 0.0425 e. The molecular formula is C13H17N. The fourth-order valence-corrected chi connectivity index (χ4v) is 1.91. The zero-order chi connectivity index (χ0) is 10.3. The SMILES string of the molecule is C=C(C)c1cc(C)cc(C2CC2)c1N. The molecule has 0 atom stereocenters. The first-order chi connectivity index (χ1) is 6.59. The number of allylic oxidation sites excluding steroid dienone is 1. The van der Waals surface area contributed by atoms with E-state index in [1.807, 2.05) is 6.92 Å². The van der Waals surface area contributed by atoms with Crippen LogP contribution in [0.5, 0.6) is 0 Å². The van der Waals surface area contributed by atoms with Gasteiger partial charge in [0.15, 0.2) is 0 Å². The molecule has 1 heteroatoms. The van der Waals surface area contributed by atoms with Crippen molar-refractivity contribution in [1.82, 2.24) is 0 Å². The molecule has 0 aromatic heterocycles. The monoisotopic (exact) mass is 187 g/mol. The van der Waals surface area contributed by atoms with E-state index in [1.54, 1.807) is 0 Å². The van der Waals surface area contributed by atoms with Crippen molar-refractivity contribution in [1.29, 1.82) is 0 Å². The van der Waals surface area contributed by atoms with Crippen molar-refractivity contribution in [3.63, 3.8) is 0 Å². The Labute approximate surface area is 85.6 Å². The fraction of sp³-hybridized carbons (Fsp3) is 0.385. The number of nitrogens with two attached hydrogens (primary N) is 1. The predicted octanol–water partition coefficient (Wildman–Crippen LogP) is 3.49. The predicted molar refractivity (Wildman–Crippen MR) is 62.3 cm³/mol. The summed E-state index contributed by atoms with van der Waals surface area (Å²) in [5.74, 6) is 0.716. The third-order valence-corrected chi connectivity index (χ3v) is 2.83. The quantitative estimate of drug-likeness (QED) is 0.705. The van der Waals surface area contributed by atoms with Crippen LogP contribution in [-0.4, -0.2) is 0 Å². The van der Waals surface area contributed by atoms with Gasteiger partial charge in [-0.2, -0.15) is 0 Å². The van der Waals surface area contributed by atoms with Gasteiger partial charge in [-0.1, -0.05) is 18.2 Å². The van der Waals surface area contributed by atoms with Gasteiger partial charge >= 0.3 is 0 Å². The molecule has 0 aliphatic heterocycles. The Bertz CT molecular complexity index is 386. The van der Waals surface area contributed by atoms with E-state index >= 15 is 0 Å². The van der Waals surface area contributed by atoms with Gasteiger partial charge in [-0.15, -0.1) is 0 Å². The Morgan fingerprint density at radius 1 is 1.43 bits per heavy atom. The molecule has 0 spiro atoms. The number of hydrogen-bond donors (Lipinski definition) is 1. The molecule has 74 valence electrons. The lowest BCUT2D eigenvalue weighted by atomic mass is 9.97. The Kier molecular flexibility index (Phi) is 2.10. The van der Waals surface area contributed by atoms with E-state index in [0.717, 1.165) is 16.8 Å². The van der Waals surface area contributed by atoms with E-state index in [9.17, 15) is 0 Å². The number of rotatable bonds is 2. The molecule has 0 saturated heterocycles. The van der Waals surface area contributed by atoms with Crippen LogP contribution in [0.2, 0.25) is 0 Å². The first-order valence-electron chi connectivity index (χ1n) is 5.15. The summed E-state index contributed by atoms with van der Waals surface area (Å²) in [6.45, 7) is 8.11. The normalized spacial score (nSPS) is 15.6. The molecule has 0 amide bonds. The summed E-state index contributed by atoms with van der Waals surface area (Å²) in [6.07, 6.45) is 2.59.